The Hall–Kier alpha value is -1.85. The molecule has 2 rings (SSSR count). The van der Waals surface area contributed by atoms with Crippen molar-refractivity contribution in [3.63, 3.8) is 0 Å². The van der Waals surface area contributed by atoms with Crippen molar-refractivity contribution in [3.05, 3.63) is 52.3 Å². The predicted octanol–water partition coefficient (Wildman–Crippen LogP) is 3.95. The van der Waals surface area contributed by atoms with E-state index in [2.05, 4.69) is 40.3 Å². The molecular weight excluding hydrogens is 328 g/mol. The first-order chi connectivity index (χ1) is 10.9. The first-order valence-corrected chi connectivity index (χ1v) is 8.21. The first kappa shape index (κ1) is 17.5. The fourth-order valence-corrected chi connectivity index (χ4v) is 2.78. The highest BCUT2D eigenvalue weighted by atomic mass is 35.5. The molecule has 1 heterocycles. The summed E-state index contributed by atoms with van der Waals surface area (Å²) in [6.45, 7) is 8.18. The molecular formula is C17H21ClN4S. The molecule has 0 aliphatic heterocycles. The zero-order valence-corrected chi connectivity index (χ0v) is 15.3. The Morgan fingerprint density at radius 1 is 1.26 bits per heavy atom. The smallest absolute Gasteiger partial charge is 0.187 e. The van der Waals surface area contributed by atoms with Crippen LogP contribution in [0.15, 0.2) is 35.4 Å². The minimum Gasteiger partial charge on any atom is -0.359 e. The number of hydrogen-bond donors (Lipinski definition) is 2. The fraction of sp³-hybridized carbons (Fsp3) is 0.294. The summed E-state index contributed by atoms with van der Waals surface area (Å²) < 4.78 is 2.17. The Morgan fingerprint density at radius 2 is 1.91 bits per heavy atom. The summed E-state index contributed by atoms with van der Waals surface area (Å²) in [6.07, 6.45) is 1.78. The van der Waals surface area contributed by atoms with Gasteiger partial charge in [0, 0.05) is 33.7 Å². The molecule has 0 spiro atoms. The third kappa shape index (κ3) is 4.56. The number of halogens is 1. The zero-order chi connectivity index (χ0) is 17.0. The van der Waals surface area contributed by atoms with E-state index in [-0.39, 0.29) is 6.04 Å². The number of aromatic nitrogens is 1. The van der Waals surface area contributed by atoms with Crippen LogP contribution in [0.1, 0.15) is 30.8 Å². The Kier molecular flexibility index (Phi) is 5.80. The summed E-state index contributed by atoms with van der Waals surface area (Å²) in [7, 11) is 0. The van der Waals surface area contributed by atoms with Crippen molar-refractivity contribution in [2.24, 2.45) is 5.10 Å². The second kappa shape index (κ2) is 7.62. The van der Waals surface area contributed by atoms with Crippen molar-refractivity contribution in [2.45, 2.75) is 33.7 Å². The first-order valence-electron chi connectivity index (χ1n) is 7.43. The van der Waals surface area contributed by atoms with E-state index in [1.165, 1.54) is 0 Å². The lowest BCUT2D eigenvalue weighted by Gasteiger charge is -2.10. The van der Waals surface area contributed by atoms with Crippen LogP contribution in [0.2, 0.25) is 5.02 Å². The molecule has 2 N–H and O–H groups in total. The summed E-state index contributed by atoms with van der Waals surface area (Å²) in [4.78, 5) is 0. The topological polar surface area (TPSA) is 41.4 Å². The number of benzene rings is 1. The minimum atomic E-state index is 0.278. The van der Waals surface area contributed by atoms with Crippen LogP contribution >= 0.6 is 23.8 Å². The average molecular weight is 349 g/mol. The molecule has 0 radical (unpaired) electrons. The van der Waals surface area contributed by atoms with Gasteiger partial charge in [0.25, 0.3) is 0 Å². The molecule has 2 aromatic rings. The van der Waals surface area contributed by atoms with Crippen LogP contribution in [0, 0.1) is 13.8 Å². The van der Waals surface area contributed by atoms with E-state index in [0.717, 1.165) is 27.7 Å². The monoisotopic (exact) mass is 348 g/mol. The standard InChI is InChI=1S/C17H21ClN4S/c1-11(2)20-17(23)21-19-10-14-9-12(3)22(13(14)4)16-7-5-15(18)6-8-16/h5-11H,1-4H3,(H2,20,21,23)/b19-10-. The highest BCUT2D eigenvalue weighted by Gasteiger charge is 2.09. The van der Waals surface area contributed by atoms with Crippen molar-refractivity contribution in [2.75, 3.05) is 0 Å². The van der Waals surface area contributed by atoms with E-state index in [9.17, 15) is 0 Å². The third-order valence-electron chi connectivity index (χ3n) is 3.34. The van der Waals surface area contributed by atoms with Gasteiger partial charge in [0.15, 0.2) is 5.11 Å². The van der Waals surface area contributed by atoms with E-state index in [1.807, 2.05) is 38.1 Å². The van der Waals surface area contributed by atoms with E-state index < -0.39 is 0 Å². The molecule has 0 unspecified atom stereocenters. The van der Waals surface area contributed by atoms with E-state index >= 15 is 0 Å². The van der Waals surface area contributed by atoms with Gasteiger partial charge in [-0.15, -0.1) is 0 Å². The molecule has 6 heteroatoms. The Labute approximate surface area is 147 Å². The van der Waals surface area contributed by atoms with Gasteiger partial charge in [-0.05, 0) is 70.2 Å². The molecule has 1 aromatic heterocycles. The lowest BCUT2D eigenvalue weighted by molar-refractivity contribution is 0.720. The number of nitrogens with zero attached hydrogens (tertiary/aromatic N) is 2. The number of hydrogen-bond acceptors (Lipinski definition) is 2. The second-order valence-corrected chi connectivity index (χ2v) is 6.48. The lowest BCUT2D eigenvalue weighted by Crippen LogP contribution is -2.36. The van der Waals surface area contributed by atoms with E-state index in [1.54, 1.807) is 6.21 Å². The zero-order valence-electron chi connectivity index (χ0n) is 13.7. The molecule has 23 heavy (non-hydrogen) atoms. The largest absolute Gasteiger partial charge is 0.359 e. The van der Waals surface area contributed by atoms with Gasteiger partial charge in [-0.25, -0.2) is 0 Å². The SMILES string of the molecule is Cc1cc(/C=N\NC(=S)NC(C)C)c(C)n1-c1ccc(Cl)cc1. The highest BCUT2D eigenvalue weighted by molar-refractivity contribution is 7.80. The molecule has 122 valence electrons. The quantitative estimate of drug-likeness (QED) is 0.499. The molecule has 0 atom stereocenters. The van der Waals surface area contributed by atoms with Gasteiger partial charge in [0.1, 0.15) is 0 Å². The molecule has 0 bridgehead atoms. The summed E-state index contributed by atoms with van der Waals surface area (Å²) in [5, 5.41) is 8.53. The summed E-state index contributed by atoms with van der Waals surface area (Å²) in [5.74, 6) is 0. The maximum absolute atomic E-state index is 5.96. The summed E-state index contributed by atoms with van der Waals surface area (Å²) >= 11 is 11.1. The van der Waals surface area contributed by atoms with Crippen LogP contribution in [-0.2, 0) is 0 Å². The van der Waals surface area contributed by atoms with Crippen molar-refractivity contribution < 1.29 is 0 Å². The normalized spacial score (nSPS) is 11.2. The Morgan fingerprint density at radius 3 is 2.52 bits per heavy atom. The third-order valence-corrected chi connectivity index (χ3v) is 3.81. The number of nitrogens with one attached hydrogen (secondary N) is 2. The summed E-state index contributed by atoms with van der Waals surface area (Å²) in [6, 6.07) is 10.2. The highest BCUT2D eigenvalue weighted by Crippen LogP contribution is 2.21. The molecule has 0 saturated carbocycles. The van der Waals surface area contributed by atoms with Crippen molar-refractivity contribution >= 4 is 35.1 Å². The fourth-order valence-electron chi connectivity index (χ4n) is 2.36. The van der Waals surface area contributed by atoms with Gasteiger partial charge in [0.2, 0.25) is 0 Å². The lowest BCUT2D eigenvalue weighted by atomic mass is 10.2. The number of hydrazone groups is 1. The van der Waals surface area contributed by atoms with E-state index in [4.69, 9.17) is 23.8 Å². The second-order valence-electron chi connectivity index (χ2n) is 5.64. The van der Waals surface area contributed by atoms with Crippen LogP contribution < -0.4 is 10.7 Å². The Bertz CT molecular complexity index is 717. The average Bonchev–Trinajstić information content (AvgIpc) is 2.74. The molecule has 0 saturated heterocycles. The van der Waals surface area contributed by atoms with Gasteiger partial charge in [-0.1, -0.05) is 11.6 Å². The van der Waals surface area contributed by atoms with Gasteiger partial charge >= 0.3 is 0 Å². The van der Waals surface area contributed by atoms with Crippen molar-refractivity contribution in [3.8, 4) is 5.69 Å². The summed E-state index contributed by atoms with van der Waals surface area (Å²) in [5.41, 5.74) is 7.19. The van der Waals surface area contributed by atoms with Crippen LogP contribution in [0.5, 0.6) is 0 Å². The van der Waals surface area contributed by atoms with Gasteiger partial charge < -0.3 is 9.88 Å². The van der Waals surface area contributed by atoms with Crippen LogP contribution in [0.4, 0.5) is 0 Å². The van der Waals surface area contributed by atoms with Crippen molar-refractivity contribution in [1.29, 1.82) is 0 Å². The molecule has 0 fully saturated rings. The van der Waals surface area contributed by atoms with Gasteiger partial charge in [-0.3, -0.25) is 5.43 Å². The van der Waals surface area contributed by atoms with Gasteiger partial charge in [-0.2, -0.15) is 5.10 Å². The van der Waals surface area contributed by atoms with E-state index in [0.29, 0.717) is 5.11 Å². The van der Waals surface area contributed by atoms with Crippen LogP contribution in [0.25, 0.3) is 5.69 Å². The maximum atomic E-state index is 5.96. The van der Waals surface area contributed by atoms with Gasteiger partial charge in [0.05, 0.1) is 6.21 Å². The van der Waals surface area contributed by atoms with Crippen molar-refractivity contribution in [1.82, 2.24) is 15.3 Å². The Balaban J connectivity index is 2.17. The predicted molar refractivity (Wildman–Crippen MR) is 102 cm³/mol. The maximum Gasteiger partial charge on any atom is 0.187 e. The number of aryl methyl sites for hydroxylation is 1. The number of rotatable bonds is 4. The molecule has 0 aliphatic carbocycles. The van der Waals surface area contributed by atoms with Crippen LogP contribution in [0.3, 0.4) is 0 Å². The molecule has 4 nitrogen and oxygen atoms in total. The number of thiocarbonyl (C=S) groups is 1. The minimum absolute atomic E-state index is 0.278. The molecule has 0 amide bonds. The molecule has 0 aliphatic rings. The molecule has 1 aromatic carbocycles. The van der Waals surface area contributed by atoms with Crippen LogP contribution in [-0.4, -0.2) is 21.9 Å².